The van der Waals surface area contributed by atoms with E-state index in [4.69, 9.17) is 4.74 Å². The number of nitrogens with zero attached hydrogens (tertiary/aromatic N) is 3. The Morgan fingerprint density at radius 1 is 1.02 bits per heavy atom. The van der Waals surface area contributed by atoms with Crippen molar-refractivity contribution >= 4 is 33.2 Å². The highest BCUT2D eigenvalue weighted by Gasteiger charge is 2.33. The Bertz CT molecular complexity index is 1510. The van der Waals surface area contributed by atoms with Crippen molar-refractivity contribution in [3.05, 3.63) is 94.0 Å². The molecule has 2 atom stereocenters. The van der Waals surface area contributed by atoms with Crippen LogP contribution < -0.4 is 14.4 Å². The van der Waals surface area contributed by atoms with Gasteiger partial charge in [-0.05, 0) is 63.1 Å². The number of sulfonamides is 1. The van der Waals surface area contributed by atoms with Crippen LogP contribution in [0.25, 0.3) is 0 Å². The smallest absolute Gasteiger partial charge is 0.273 e. The fraction of sp³-hybridized carbons (Fsp3) is 0.333. The van der Waals surface area contributed by atoms with Crippen molar-refractivity contribution in [1.29, 1.82) is 0 Å². The Hall–Kier alpha value is -4.45. The molecule has 0 fully saturated rings. The highest BCUT2D eigenvalue weighted by molar-refractivity contribution is 7.92. The first-order valence-electron chi connectivity index (χ1n) is 13.4. The molecule has 224 valence electrons. The van der Waals surface area contributed by atoms with Crippen LogP contribution in [0.1, 0.15) is 38.3 Å². The van der Waals surface area contributed by atoms with Crippen LogP contribution in [0, 0.1) is 17.0 Å². The van der Waals surface area contributed by atoms with Crippen LogP contribution in [-0.4, -0.2) is 55.8 Å². The van der Waals surface area contributed by atoms with Crippen LogP contribution >= 0.6 is 0 Å². The molecule has 0 aliphatic carbocycles. The summed E-state index contributed by atoms with van der Waals surface area (Å²) >= 11 is 0. The zero-order valence-corrected chi connectivity index (χ0v) is 25.1. The van der Waals surface area contributed by atoms with E-state index in [9.17, 15) is 28.1 Å². The topological polar surface area (TPSA) is 139 Å². The maximum absolute atomic E-state index is 14.0. The first-order chi connectivity index (χ1) is 19.9. The van der Waals surface area contributed by atoms with E-state index < -0.39 is 33.4 Å². The molecule has 12 heteroatoms. The quantitative estimate of drug-likeness (QED) is 0.227. The normalized spacial score (nSPS) is 12.6. The third-order valence-corrected chi connectivity index (χ3v) is 8.74. The van der Waals surface area contributed by atoms with Crippen molar-refractivity contribution in [3.8, 4) is 5.75 Å². The summed E-state index contributed by atoms with van der Waals surface area (Å²) in [5.74, 6) is -0.539. The number of carbonyl (C=O) groups excluding carboxylic acids is 2. The molecule has 0 unspecified atom stereocenters. The standard InChI is InChI=1S/C30H36N4O7S/c1-6-22(3)31-30(36)23(4)32(19-24-10-8-7-9-11-24)29(35)20-33(25-13-15-26(41-5)16-14-25)42(39,40)27-17-12-21(2)28(18-27)34(37)38/h7-18,22-23H,6,19-20H2,1-5H3,(H,31,36)/t22-,23-/m0/s1. The number of anilines is 1. The van der Waals surface area contributed by atoms with Crippen LogP contribution in [0.15, 0.2) is 77.7 Å². The zero-order valence-electron chi connectivity index (χ0n) is 24.3. The molecule has 0 saturated carbocycles. The molecule has 0 aliphatic heterocycles. The minimum atomic E-state index is -4.48. The van der Waals surface area contributed by atoms with Crippen molar-refractivity contribution in [2.24, 2.45) is 0 Å². The van der Waals surface area contributed by atoms with Gasteiger partial charge in [0.2, 0.25) is 11.8 Å². The molecular formula is C30H36N4O7S. The highest BCUT2D eigenvalue weighted by atomic mass is 32.2. The molecule has 0 spiro atoms. The summed E-state index contributed by atoms with van der Waals surface area (Å²) in [6, 6.07) is 17.7. The molecule has 0 aromatic heterocycles. The number of nitro groups is 1. The summed E-state index contributed by atoms with van der Waals surface area (Å²) < 4.78 is 34.1. The Morgan fingerprint density at radius 3 is 2.24 bits per heavy atom. The number of hydrogen-bond donors (Lipinski definition) is 1. The summed E-state index contributed by atoms with van der Waals surface area (Å²) in [5.41, 5.74) is 0.824. The molecule has 11 nitrogen and oxygen atoms in total. The minimum Gasteiger partial charge on any atom is -0.497 e. The lowest BCUT2D eigenvalue weighted by Crippen LogP contribution is -2.52. The molecular weight excluding hydrogens is 560 g/mol. The Kier molecular flexibility index (Phi) is 10.6. The van der Waals surface area contributed by atoms with Crippen molar-refractivity contribution in [2.45, 2.75) is 57.6 Å². The Balaban J connectivity index is 2.07. The zero-order chi connectivity index (χ0) is 31.0. The number of amides is 2. The molecule has 2 amide bonds. The second-order valence-electron chi connectivity index (χ2n) is 9.92. The molecule has 0 heterocycles. The monoisotopic (exact) mass is 596 g/mol. The van der Waals surface area contributed by atoms with Gasteiger partial charge in [0, 0.05) is 24.2 Å². The third kappa shape index (κ3) is 7.64. The summed E-state index contributed by atoms with van der Waals surface area (Å²) in [5, 5.41) is 14.5. The van der Waals surface area contributed by atoms with Gasteiger partial charge in [0.05, 0.1) is 22.6 Å². The largest absolute Gasteiger partial charge is 0.497 e. The molecule has 0 bridgehead atoms. The summed E-state index contributed by atoms with van der Waals surface area (Å²) in [6.45, 7) is 6.27. The fourth-order valence-corrected chi connectivity index (χ4v) is 5.61. The van der Waals surface area contributed by atoms with Gasteiger partial charge in [0.25, 0.3) is 15.7 Å². The van der Waals surface area contributed by atoms with E-state index >= 15 is 0 Å². The van der Waals surface area contributed by atoms with Gasteiger partial charge in [-0.15, -0.1) is 0 Å². The van der Waals surface area contributed by atoms with E-state index in [1.54, 1.807) is 31.2 Å². The van der Waals surface area contributed by atoms with Gasteiger partial charge in [0.1, 0.15) is 18.3 Å². The molecule has 0 saturated heterocycles. The van der Waals surface area contributed by atoms with Gasteiger partial charge in [-0.25, -0.2) is 8.42 Å². The first kappa shape index (κ1) is 32.1. The second kappa shape index (κ2) is 13.9. The summed E-state index contributed by atoms with van der Waals surface area (Å²) in [4.78, 5) is 39.0. The molecule has 3 aromatic rings. The maximum Gasteiger partial charge on any atom is 0.273 e. The van der Waals surface area contributed by atoms with Crippen molar-refractivity contribution in [1.82, 2.24) is 10.2 Å². The SMILES string of the molecule is CC[C@H](C)NC(=O)[C@H](C)N(Cc1ccccc1)C(=O)CN(c1ccc(OC)cc1)S(=O)(=O)c1ccc(C)c([N+](=O)[O-])c1. The molecule has 3 rings (SSSR count). The molecule has 0 radical (unpaired) electrons. The predicted octanol–water partition coefficient (Wildman–Crippen LogP) is 4.44. The highest BCUT2D eigenvalue weighted by Crippen LogP contribution is 2.29. The Labute approximate surface area is 246 Å². The van der Waals surface area contributed by atoms with Gasteiger partial charge in [-0.2, -0.15) is 0 Å². The number of carbonyl (C=O) groups is 2. The number of methoxy groups -OCH3 is 1. The number of benzene rings is 3. The van der Waals surface area contributed by atoms with E-state index in [1.807, 2.05) is 32.0 Å². The molecule has 0 aliphatic rings. The van der Waals surface area contributed by atoms with Crippen LogP contribution in [-0.2, 0) is 26.2 Å². The van der Waals surface area contributed by atoms with E-state index in [0.717, 1.165) is 15.9 Å². The molecule has 3 aromatic carbocycles. The lowest BCUT2D eigenvalue weighted by Gasteiger charge is -2.32. The van der Waals surface area contributed by atoms with Crippen LogP contribution in [0.2, 0.25) is 0 Å². The summed E-state index contributed by atoms with van der Waals surface area (Å²) in [6.07, 6.45) is 0.692. The predicted molar refractivity (Wildman–Crippen MR) is 160 cm³/mol. The number of hydrogen-bond acceptors (Lipinski definition) is 7. The maximum atomic E-state index is 14.0. The molecule has 1 N–H and O–H groups in total. The van der Waals surface area contributed by atoms with Crippen molar-refractivity contribution < 1.29 is 27.7 Å². The number of ether oxygens (including phenoxy) is 1. The van der Waals surface area contributed by atoms with Gasteiger partial charge in [-0.1, -0.05) is 43.3 Å². The van der Waals surface area contributed by atoms with Crippen molar-refractivity contribution in [3.63, 3.8) is 0 Å². The van der Waals surface area contributed by atoms with Gasteiger partial charge in [0.15, 0.2) is 0 Å². The van der Waals surface area contributed by atoms with E-state index in [0.29, 0.717) is 17.7 Å². The van der Waals surface area contributed by atoms with Crippen molar-refractivity contribution in [2.75, 3.05) is 18.0 Å². The second-order valence-corrected chi connectivity index (χ2v) is 11.8. The van der Waals surface area contributed by atoms with Gasteiger partial charge >= 0.3 is 0 Å². The average Bonchev–Trinajstić information content (AvgIpc) is 2.98. The lowest BCUT2D eigenvalue weighted by atomic mass is 10.1. The average molecular weight is 597 g/mol. The first-order valence-corrected chi connectivity index (χ1v) is 14.9. The Morgan fingerprint density at radius 2 is 1.67 bits per heavy atom. The fourth-order valence-electron chi connectivity index (χ4n) is 4.18. The van der Waals surface area contributed by atoms with Gasteiger partial charge < -0.3 is 15.0 Å². The number of rotatable bonds is 13. The number of nitrogens with one attached hydrogen (secondary N) is 1. The van der Waals surface area contributed by atoms with Crippen LogP contribution in [0.4, 0.5) is 11.4 Å². The number of nitro benzene ring substituents is 1. The summed E-state index contributed by atoms with van der Waals surface area (Å²) in [7, 11) is -3.01. The molecule has 42 heavy (non-hydrogen) atoms. The van der Waals surface area contributed by atoms with E-state index in [2.05, 4.69) is 5.32 Å². The van der Waals surface area contributed by atoms with Crippen LogP contribution in [0.3, 0.4) is 0 Å². The van der Waals surface area contributed by atoms with Crippen LogP contribution in [0.5, 0.6) is 5.75 Å². The minimum absolute atomic E-state index is 0.0568. The number of aryl methyl sites for hydroxylation is 1. The van der Waals surface area contributed by atoms with E-state index in [1.165, 1.54) is 43.2 Å². The van der Waals surface area contributed by atoms with Gasteiger partial charge in [-0.3, -0.25) is 24.0 Å². The van der Waals surface area contributed by atoms with E-state index in [-0.39, 0.29) is 34.8 Å². The third-order valence-electron chi connectivity index (χ3n) is 6.97. The lowest BCUT2D eigenvalue weighted by molar-refractivity contribution is -0.385.